The molecule has 0 aromatic carbocycles. The number of carbonyl (C=O) groups is 1. The van der Waals surface area contributed by atoms with E-state index in [1.165, 1.54) is 4.90 Å². The van der Waals surface area contributed by atoms with E-state index in [2.05, 4.69) is 15.9 Å². The molecule has 0 unspecified atom stereocenters. The van der Waals surface area contributed by atoms with Gasteiger partial charge in [-0.15, -0.1) is 0 Å². The van der Waals surface area contributed by atoms with Gasteiger partial charge in [0.25, 0.3) is 0 Å². The maximum atomic E-state index is 11.5. The van der Waals surface area contributed by atoms with E-state index in [9.17, 15) is 4.79 Å². The first kappa shape index (κ1) is 11.2. The molecule has 16 heavy (non-hydrogen) atoms. The molecule has 0 spiro atoms. The van der Waals surface area contributed by atoms with E-state index in [4.69, 9.17) is 9.83 Å². The number of hydrogen-bond acceptors (Lipinski definition) is 3. The van der Waals surface area contributed by atoms with Crippen LogP contribution in [0.4, 0.5) is 5.88 Å². The number of amides is 1. The van der Waals surface area contributed by atoms with Gasteiger partial charge in [-0.25, -0.2) is 0 Å². The van der Waals surface area contributed by atoms with Crippen LogP contribution in [-0.4, -0.2) is 29.9 Å². The third-order valence-corrected chi connectivity index (χ3v) is 3.04. The average Bonchev–Trinajstić information content (AvgIpc) is 2.61. The molecule has 1 aliphatic rings. The Kier molecular flexibility index (Phi) is 2.75. The van der Waals surface area contributed by atoms with Crippen molar-refractivity contribution in [3.8, 4) is 0 Å². The van der Waals surface area contributed by atoms with Crippen molar-refractivity contribution in [3.63, 3.8) is 0 Å². The Morgan fingerprint density at radius 1 is 1.62 bits per heavy atom. The lowest BCUT2D eigenvalue weighted by Crippen LogP contribution is -2.55. The molecule has 1 fully saturated rings. The molecule has 6 heteroatoms. The molecule has 1 N–H and O–H groups in total. The number of halogens is 1. The lowest BCUT2D eigenvalue weighted by atomic mass is 10.1. The molecular weight excluding hydrogens is 274 g/mol. The molecule has 1 atom stereocenters. The van der Waals surface area contributed by atoms with E-state index in [1.807, 2.05) is 6.92 Å². The van der Waals surface area contributed by atoms with Gasteiger partial charge < -0.3 is 4.42 Å². The van der Waals surface area contributed by atoms with Gasteiger partial charge in [-0.05, 0) is 22.9 Å². The van der Waals surface area contributed by atoms with Crippen LogP contribution in [0.2, 0.25) is 0 Å². The van der Waals surface area contributed by atoms with Crippen molar-refractivity contribution in [3.05, 3.63) is 16.8 Å². The summed E-state index contributed by atoms with van der Waals surface area (Å²) in [5, 5.41) is 7.92. The first-order valence-corrected chi connectivity index (χ1v) is 5.68. The Hall–Kier alpha value is -1.30. The van der Waals surface area contributed by atoms with Gasteiger partial charge in [-0.3, -0.25) is 20.0 Å². The van der Waals surface area contributed by atoms with Crippen molar-refractivity contribution in [2.75, 3.05) is 11.9 Å². The van der Waals surface area contributed by atoms with E-state index in [0.717, 1.165) is 4.47 Å². The van der Waals surface area contributed by atoms with Gasteiger partial charge in [0.15, 0.2) is 0 Å². The summed E-state index contributed by atoms with van der Waals surface area (Å²) in [5.41, 5.74) is 0. The second-order valence-corrected chi connectivity index (χ2v) is 4.72. The summed E-state index contributed by atoms with van der Waals surface area (Å²) >= 11 is 3.29. The number of carbonyl (C=O) groups excluding carboxylic acids is 1. The molecule has 0 saturated carbocycles. The molecule has 0 bridgehead atoms. The van der Waals surface area contributed by atoms with Gasteiger partial charge in [0.2, 0.25) is 17.8 Å². The number of rotatable bonds is 1. The van der Waals surface area contributed by atoms with Crippen LogP contribution in [0.3, 0.4) is 0 Å². The van der Waals surface area contributed by atoms with Crippen LogP contribution in [0, 0.1) is 5.41 Å². The van der Waals surface area contributed by atoms with Crippen LogP contribution in [0.15, 0.2) is 21.2 Å². The van der Waals surface area contributed by atoms with Gasteiger partial charge >= 0.3 is 0 Å². The van der Waals surface area contributed by atoms with Crippen molar-refractivity contribution in [1.29, 1.82) is 5.41 Å². The molecule has 1 saturated heterocycles. The number of hydrogen-bond donors (Lipinski definition) is 1. The maximum Gasteiger partial charge on any atom is 0.231 e. The third kappa shape index (κ3) is 1.73. The van der Waals surface area contributed by atoms with Crippen LogP contribution < -0.4 is 4.90 Å². The molecule has 1 amide bonds. The second kappa shape index (κ2) is 3.93. The zero-order chi connectivity index (χ0) is 11.9. The van der Waals surface area contributed by atoms with Crippen LogP contribution in [0.25, 0.3) is 0 Å². The monoisotopic (exact) mass is 285 g/mol. The predicted molar refractivity (Wildman–Crippen MR) is 63.5 cm³/mol. The number of guanidine groups is 1. The van der Waals surface area contributed by atoms with Crippen molar-refractivity contribution in [2.45, 2.75) is 19.4 Å². The standard InChI is InChI=1S/C10H12BrN3O2/c1-6-3-8(15)13(2)10(12)14(6)9-4-7(11)5-16-9/h4-6,12H,3H2,1-2H3/t6-/m0/s1. The lowest BCUT2D eigenvalue weighted by Gasteiger charge is -2.37. The molecule has 0 aliphatic carbocycles. The van der Waals surface area contributed by atoms with E-state index in [1.54, 1.807) is 24.3 Å². The highest BCUT2D eigenvalue weighted by molar-refractivity contribution is 9.10. The minimum absolute atomic E-state index is 0.0422. The molecule has 2 rings (SSSR count). The SMILES string of the molecule is C[C@H]1CC(=O)N(C)C(=N)N1c1cc(Br)co1. The van der Waals surface area contributed by atoms with Gasteiger partial charge in [-0.2, -0.15) is 0 Å². The predicted octanol–water partition coefficient (Wildman–Crippen LogP) is 2.03. The highest BCUT2D eigenvalue weighted by Crippen LogP contribution is 2.28. The smallest absolute Gasteiger partial charge is 0.231 e. The highest BCUT2D eigenvalue weighted by Gasteiger charge is 2.34. The van der Waals surface area contributed by atoms with Crippen molar-refractivity contribution in [1.82, 2.24) is 4.90 Å². The Morgan fingerprint density at radius 2 is 2.31 bits per heavy atom. The summed E-state index contributed by atoms with van der Waals surface area (Å²) in [6.45, 7) is 1.90. The fraction of sp³-hybridized carbons (Fsp3) is 0.400. The van der Waals surface area contributed by atoms with Crippen molar-refractivity contribution >= 4 is 33.7 Å². The molecular formula is C10H12BrN3O2. The molecule has 1 aromatic heterocycles. The third-order valence-electron chi connectivity index (χ3n) is 2.62. The molecule has 86 valence electrons. The maximum absolute atomic E-state index is 11.5. The Bertz CT molecular complexity index is 443. The Balaban J connectivity index is 2.33. The molecule has 2 heterocycles. The topological polar surface area (TPSA) is 60.5 Å². The number of nitrogens with zero attached hydrogens (tertiary/aromatic N) is 2. The van der Waals surface area contributed by atoms with Gasteiger partial charge in [0.05, 0.1) is 4.47 Å². The van der Waals surface area contributed by atoms with Crippen LogP contribution in [-0.2, 0) is 4.79 Å². The normalized spacial score (nSPS) is 21.8. The van der Waals surface area contributed by atoms with E-state index >= 15 is 0 Å². The summed E-state index contributed by atoms with van der Waals surface area (Å²) < 4.78 is 6.15. The summed E-state index contributed by atoms with van der Waals surface area (Å²) in [6, 6.07) is 1.73. The first-order chi connectivity index (χ1) is 7.50. The number of nitrogens with one attached hydrogen (secondary N) is 1. The molecule has 5 nitrogen and oxygen atoms in total. The summed E-state index contributed by atoms with van der Waals surface area (Å²) in [7, 11) is 1.60. The molecule has 1 aliphatic heterocycles. The minimum Gasteiger partial charge on any atom is -0.447 e. The van der Waals surface area contributed by atoms with Crippen LogP contribution in [0.5, 0.6) is 0 Å². The lowest BCUT2D eigenvalue weighted by molar-refractivity contribution is -0.127. The van der Waals surface area contributed by atoms with E-state index in [-0.39, 0.29) is 17.9 Å². The van der Waals surface area contributed by atoms with Gasteiger partial charge in [0.1, 0.15) is 6.26 Å². The fourth-order valence-corrected chi connectivity index (χ4v) is 2.01. The number of anilines is 1. The summed E-state index contributed by atoms with van der Waals surface area (Å²) in [5.74, 6) is 0.675. The van der Waals surface area contributed by atoms with Crippen molar-refractivity contribution in [2.24, 2.45) is 0 Å². The van der Waals surface area contributed by atoms with Crippen LogP contribution >= 0.6 is 15.9 Å². The minimum atomic E-state index is -0.0609. The highest BCUT2D eigenvalue weighted by atomic mass is 79.9. The largest absolute Gasteiger partial charge is 0.447 e. The Morgan fingerprint density at radius 3 is 2.88 bits per heavy atom. The Labute approximate surface area is 102 Å². The number of furan rings is 1. The average molecular weight is 286 g/mol. The zero-order valence-electron chi connectivity index (χ0n) is 9.03. The summed E-state index contributed by atoms with van der Waals surface area (Å²) in [6.07, 6.45) is 1.95. The first-order valence-electron chi connectivity index (χ1n) is 4.89. The molecule has 0 radical (unpaired) electrons. The van der Waals surface area contributed by atoms with E-state index < -0.39 is 0 Å². The fourth-order valence-electron chi connectivity index (χ4n) is 1.72. The second-order valence-electron chi connectivity index (χ2n) is 3.80. The molecule has 1 aromatic rings. The zero-order valence-corrected chi connectivity index (χ0v) is 10.6. The van der Waals surface area contributed by atoms with Gasteiger partial charge in [-0.1, -0.05) is 0 Å². The van der Waals surface area contributed by atoms with Crippen LogP contribution in [0.1, 0.15) is 13.3 Å². The van der Waals surface area contributed by atoms with Gasteiger partial charge in [0, 0.05) is 25.6 Å². The van der Waals surface area contributed by atoms with E-state index in [0.29, 0.717) is 12.3 Å². The van der Waals surface area contributed by atoms with Crippen molar-refractivity contribution < 1.29 is 9.21 Å². The summed E-state index contributed by atoms with van der Waals surface area (Å²) in [4.78, 5) is 14.5. The quantitative estimate of drug-likeness (QED) is 0.859.